The van der Waals surface area contributed by atoms with Gasteiger partial charge in [-0.2, -0.15) is 0 Å². The topological polar surface area (TPSA) is 56.8 Å². The molecule has 0 aromatic carbocycles. The van der Waals surface area contributed by atoms with Gasteiger partial charge in [-0.3, -0.25) is 4.79 Å². The monoisotopic (exact) mass is 289 g/mol. The second-order valence-corrected chi connectivity index (χ2v) is 5.58. The van der Waals surface area contributed by atoms with Crippen molar-refractivity contribution in [2.24, 2.45) is 5.92 Å². The molecular weight excluding hydrogens is 258 g/mol. The molecule has 1 N–H and O–H groups in total. The van der Waals surface area contributed by atoms with Crippen molar-refractivity contribution in [2.45, 2.75) is 46.1 Å². The number of methoxy groups -OCH3 is 1. The van der Waals surface area contributed by atoms with Gasteiger partial charge in [0.1, 0.15) is 5.54 Å². The van der Waals surface area contributed by atoms with Crippen molar-refractivity contribution in [1.82, 2.24) is 5.32 Å². The predicted octanol–water partition coefficient (Wildman–Crippen LogP) is 2.00. The summed E-state index contributed by atoms with van der Waals surface area (Å²) >= 11 is 0. The maximum absolute atomic E-state index is 11.8. The van der Waals surface area contributed by atoms with Crippen LogP contribution in [0.1, 0.15) is 40.5 Å². The van der Waals surface area contributed by atoms with Gasteiger partial charge in [0.25, 0.3) is 0 Å². The molecule has 120 valence electrons. The van der Waals surface area contributed by atoms with Crippen LogP contribution in [0, 0.1) is 5.92 Å². The molecular formula is C15H31NO4. The van der Waals surface area contributed by atoms with Gasteiger partial charge in [-0.05, 0) is 32.2 Å². The SMILES string of the molecule is CCCNC(C)(CCOCCOCC(C)C)C(=O)OC. The zero-order valence-corrected chi connectivity index (χ0v) is 13.7. The molecule has 0 radical (unpaired) electrons. The Labute approximate surface area is 123 Å². The lowest BCUT2D eigenvalue weighted by Gasteiger charge is -2.27. The Morgan fingerprint density at radius 1 is 1.20 bits per heavy atom. The number of esters is 1. The summed E-state index contributed by atoms with van der Waals surface area (Å²) in [6.07, 6.45) is 1.56. The van der Waals surface area contributed by atoms with Crippen molar-refractivity contribution in [2.75, 3.05) is 40.1 Å². The molecule has 0 spiro atoms. The van der Waals surface area contributed by atoms with E-state index in [2.05, 4.69) is 26.1 Å². The third-order valence-electron chi connectivity index (χ3n) is 2.97. The summed E-state index contributed by atoms with van der Waals surface area (Å²) in [5, 5.41) is 3.23. The summed E-state index contributed by atoms with van der Waals surface area (Å²) in [4.78, 5) is 11.8. The standard InChI is InChI=1S/C15H31NO4/c1-6-8-16-15(4,14(17)18-5)7-9-19-10-11-20-12-13(2)3/h13,16H,6-12H2,1-5H3. The minimum absolute atomic E-state index is 0.245. The fraction of sp³-hybridized carbons (Fsp3) is 0.933. The molecule has 0 rings (SSSR count). The second-order valence-electron chi connectivity index (χ2n) is 5.58. The van der Waals surface area contributed by atoms with E-state index >= 15 is 0 Å². The number of carbonyl (C=O) groups excluding carboxylic acids is 1. The number of nitrogens with one attached hydrogen (secondary N) is 1. The van der Waals surface area contributed by atoms with Crippen LogP contribution in [0.3, 0.4) is 0 Å². The van der Waals surface area contributed by atoms with Crippen LogP contribution in [0.15, 0.2) is 0 Å². The Bertz CT molecular complexity index is 258. The number of ether oxygens (including phenoxy) is 3. The third kappa shape index (κ3) is 8.51. The van der Waals surface area contributed by atoms with E-state index in [0.29, 0.717) is 32.2 Å². The van der Waals surface area contributed by atoms with Crippen LogP contribution in [0.2, 0.25) is 0 Å². The summed E-state index contributed by atoms with van der Waals surface area (Å²) in [7, 11) is 1.41. The van der Waals surface area contributed by atoms with Crippen LogP contribution in [0.5, 0.6) is 0 Å². The van der Waals surface area contributed by atoms with Crippen LogP contribution in [0.25, 0.3) is 0 Å². The maximum atomic E-state index is 11.8. The van der Waals surface area contributed by atoms with Crippen molar-refractivity contribution < 1.29 is 19.0 Å². The highest BCUT2D eigenvalue weighted by Gasteiger charge is 2.33. The number of hydrogen-bond donors (Lipinski definition) is 1. The number of hydrogen-bond acceptors (Lipinski definition) is 5. The molecule has 0 heterocycles. The van der Waals surface area contributed by atoms with E-state index in [1.54, 1.807) is 0 Å². The average Bonchev–Trinajstić information content (AvgIpc) is 2.42. The van der Waals surface area contributed by atoms with Gasteiger partial charge in [-0.1, -0.05) is 20.8 Å². The second kappa shape index (κ2) is 11.1. The Kier molecular flexibility index (Phi) is 10.7. The van der Waals surface area contributed by atoms with E-state index in [1.165, 1.54) is 7.11 Å². The molecule has 0 aromatic heterocycles. The molecule has 0 bridgehead atoms. The van der Waals surface area contributed by atoms with Crippen LogP contribution in [-0.2, 0) is 19.0 Å². The Morgan fingerprint density at radius 3 is 2.40 bits per heavy atom. The molecule has 0 aromatic rings. The van der Waals surface area contributed by atoms with Crippen molar-refractivity contribution in [3.63, 3.8) is 0 Å². The summed E-state index contributed by atoms with van der Waals surface area (Å²) < 4.78 is 15.8. The Hall–Kier alpha value is -0.650. The van der Waals surface area contributed by atoms with E-state index in [9.17, 15) is 4.79 Å². The molecule has 1 atom stereocenters. The average molecular weight is 289 g/mol. The highest BCUT2D eigenvalue weighted by molar-refractivity contribution is 5.80. The molecule has 1 unspecified atom stereocenters. The third-order valence-corrected chi connectivity index (χ3v) is 2.97. The minimum Gasteiger partial charge on any atom is -0.468 e. The molecule has 0 aliphatic heterocycles. The van der Waals surface area contributed by atoms with Gasteiger partial charge >= 0.3 is 5.97 Å². The smallest absolute Gasteiger partial charge is 0.325 e. The first-order valence-corrected chi connectivity index (χ1v) is 7.45. The molecule has 20 heavy (non-hydrogen) atoms. The van der Waals surface area contributed by atoms with Crippen LogP contribution in [-0.4, -0.2) is 51.6 Å². The van der Waals surface area contributed by atoms with E-state index in [-0.39, 0.29) is 5.97 Å². The van der Waals surface area contributed by atoms with Crippen molar-refractivity contribution in [3.05, 3.63) is 0 Å². The van der Waals surface area contributed by atoms with E-state index in [1.807, 2.05) is 6.92 Å². The van der Waals surface area contributed by atoms with Gasteiger partial charge in [-0.25, -0.2) is 0 Å². The van der Waals surface area contributed by atoms with Gasteiger partial charge < -0.3 is 19.5 Å². The first-order valence-electron chi connectivity index (χ1n) is 7.45. The molecule has 0 saturated carbocycles. The zero-order valence-electron chi connectivity index (χ0n) is 13.7. The Balaban J connectivity index is 3.88. The summed E-state index contributed by atoms with van der Waals surface area (Å²) in [6, 6.07) is 0. The van der Waals surface area contributed by atoms with Gasteiger partial charge in [0, 0.05) is 13.2 Å². The van der Waals surface area contributed by atoms with Gasteiger partial charge in [0.15, 0.2) is 0 Å². The molecule has 0 aliphatic rings. The minimum atomic E-state index is -0.677. The number of rotatable bonds is 12. The fourth-order valence-corrected chi connectivity index (χ4v) is 1.70. The summed E-state index contributed by atoms with van der Waals surface area (Å²) in [5.41, 5.74) is -0.677. The highest BCUT2D eigenvalue weighted by atomic mass is 16.5. The lowest BCUT2D eigenvalue weighted by atomic mass is 9.98. The first-order chi connectivity index (χ1) is 9.46. The highest BCUT2D eigenvalue weighted by Crippen LogP contribution is 2.12. The van der Waals surface area contributed by atoms with Gasteiger partial charge in [0.05, 0.1) is 20.3 Å². The lowest BCUT2D eigenvalue weighted by molar-refractivity contribution is -0.148. The van der Waals surface area contributed by atoms with E-state index in [4.69, 9.17) is 14.2 Å². The van der Waals surface area contributed by atoms with E-state index < -0.39 is 5.54 Å². The molecule has 0 aliphatic carbocycles. The fourth-order valence-electron chi connectivity index (χ4n) is 1.70. The quantitative estimate of drug-likeness (QED) is 0.440. The van der Waals surface area contributed by atoms with Crippen LogP contribution in [0.4, 0.5) is 0 Å². The van der Waals surface area contributed by atoms with Crippen LogP contribution >= 0.6 is 0 Å². The first kappa shape index (κ1) is 19.4. The summed E-state index contributed by atoms with van der Waals surface area (Å²) in [6.45, 7) is 11.3. The molecule has 0 fully saturated rings. The Morgan fingerprint density at radius 2 is 1.85 bits per heavy atom. The number of carbonyl (C=O) groups is 1. The van der Waals surface area contributed by atoms with Crippen molar-refractivity contribution in [3.8, 4) is 0 Å². The van der Waals surface area contributed by atoms with E-state index in [0.717, 1.165) is 19.6 Å². The molecule has 5 heteroatoms. The van der Waals surface area contributed by atoms with Crippen molar-refractivity contribution >= 4 is 5.97 Å². The van der Waals surface area contributed by atoms with Gasteiger partial charge in [-0.15, -0.1) is 0 Å². The maximum Gasteiger partial charge on any atom is 0.325 e. The molecule has 0 saturated heterocycles. The van der Waals surface area contributed by atoms with Gasteiger partial charge in [0.2, 0.25) is 0 Å². The molecule has 0 amide bonds. The summed E-state index contributed by atoms with van der Waals surface area (Å²) in [5.74, 6) is 0.293. The molecule has 5 nitrogen and oxygen atoms in total. The lowest BCUT2D eigenvalue weighted by Crippen LogP contribution is -2.51. The van der Waals surface area contributed by atoms with Crippen molar-refractivity contribution in [1.29, 1.82) is 0 Å². The van der Waals surface area contributed by atoms with Crippen LogP contribution < -0.4 is 5.32 Å². The zero-order chi connectivity index (χ0) is 15.4. The largest absolute Gasteiger partial charge is 0.468 e. The predicted molar refractivity (Wildman–Crippen MR) is 79.8 cm³/mol. The normalized spacial score (nSPS) is 14.3.